The van der Waals surface area contributed by atoms with Gasteiger partial charge in [-0.1, -0.05) is 22.0 Å². The van der Waals surface area contributed by atoms with Crippen LogP contribution in [0.4, 0.5) is 4.39 Å². The molecule has 96 valence electrons. The van der Waals surface area contributed by atoms with Crippen LogP contribution in [0.3, 0.4) is 0 Å². The highest BCUT2D eigenvalue weighted by Crippen LogP contribution is 2.22. The van der Waals surface area contributed by atoms with Crippen molar-refractivity contribution in [3.8, 4) is 0 Å². The van der Waals surface area contributed by atoms with E-state index in [1.807, 2.05) is 0 Å². The predicted molar refractivity (Wildman–Crippen MR) is 70.0 cm³/mol. The van der Waals surface area contributed by atoms with Crippen molar-refractivity contribution in [3.63, 3.8) is 0 Å². The Balaban J connectivity index is 2.61. The van der Waals surface area contributed by atoms with Crippen LogP contribution in [0.1, 0.15) is 24.4 Å². The van der Waals surface area contributed by atoms with Gasteiger partial charge in [0.15, 0.2) is 0 Å². The van der Waals surface area contributed by atoms with Crippen molar-refractivity contribution >= 4 is 25.8 Å². The minimum absolute atomic E-state index is 0.0822. The normalized spacial score (nSPS) is 13.6. The van der Waals surface area contributed by atoms with Gasteiger partial charge in [0.2, 0.25) is 0 Å². The number of benzene rings is 1. The summed E-state index contributed by atoms with van der Waals surface area (Å²) in [6.45, 7) is 0. The number of sulfone groups is 1. The maximum atomic E-state index is 13.5. The highest BCUT2D eigenvalue weighted by Gasteiger charge is 2.12. The van der Waals surface area contributed by atoms with E-state index in [2.05, 4.69) is 15.9 Å². The third-order valence-electron chi connectivity index (χ3n) is 2.39. The molecule has 1 aromatic carbocycles. The van der Waals surface area contributed by atoms with Crippen LogP contribution in [0.2, 0.25) is 0 Å². The molecule has 0 aliphatic carbocycles. The lowest BCUT2D eigenvalue weighted by atomic mass is 10.0. The third kappa shape index (κ3) is 5.14. The molecule has 0 spiro atoms. The zero-order chi connectivity index (χ0) is 13.1. The van der Waals surface area contributed by atoms with E-state index in [0.29, 0.717) is 22.9 Å². The molecule has 1 rings (SSSR count). The monoisotopic (exact) mass is 323 g/mol. The summed E-state index contributed by atoms with van der Waals surface area (Å²) in [5, 5.41) is 0. The molecule has 1 aromatic rings. The zero-order valence-corrected chi connectivity index (χ0v) is 11.9. The maximum Gasteiger partial charge on any atom is 0.147 e. The second kappa shape index (κ2) is 5.93. The van der Waals surface area contributed by atoms with Gasteiger partial charge < -0.3 is 5.73 Å². The smallest absolute Gasteiger partial charge is 0.147 e. The molecular formula is C11H15BrFNO2S. The topological polar surface area (TPSA) is 60.2 Å². The van der Waals surface area contributed by atoms with Gasteiger partial charge in [0.25, 0.3) is 0 Å². The molecule has 0 aliphatic rings. The third-order valence-corrected chi connectivity index (χ3v) is 3.92. The zero-order valence-electron chi connectivity index (χ0n) is 9.49. The molecule has 0 bridgehead atoms. The van der Waals surface area contributed by atoms with Crippen molar-refractivity contribution in [1.82, 2.24) is 0 Å². The highest BCUT2D eigenvalue weighted by atomic mass is 79.9. The fraction of sp³-hybridized carbons (Fsp3) is 0.455. The van der Waals surface area contributed by atoms with Crippen molar-refractivity contribution in [2.75, 3.05) is 12.0 Å². The van der Waals surface area contributed by atoms with E-state index < -0.39 is 15.9 Å². The van der Waals surface area contributed by atoms with Gasteiger partial charge in [-0.25, -0.2) is 12.8 Å². The highest BCUT2D eigenvalue weighted by molar-refractivity contribution is 9.10. The summed E-state index contributed by atoms with van der Waals surface area (Å²) in [7, 11) is -2.98. The first-order valence-electron chi connectivity index (χ1n) is 5.18. The number of hydrogen-bond donors (Lipinski definition) is 1. The summed E-state index contributed by atoms with van der Waals surface area (Å²) in [6.07, 6.45) is 2.07. The Labute approximate surface area is 109 Å². The molecule has 2 N–H and O–H groups in total. The second-order valence-electron chi connectivity index (χ2n) is 4.04. The molecule has 0 aromatic heterocycles. The Morgan fingerprint density at radius 3 is 2.65 bits per heavy atom. The molecule has 0 amide bonds. The molecule has 0 fully saturated rings. The summed E-state index contributed by atoms with van der Waals surface area (Å²) in [5.41, 5.74) is 6.24. The average Bonchev–Trinajstić information content (AvgIpc) is 2.15. The van der Waals surface area contributed by atoms with Crippen LogP contribution in [0.25, 0.3) is 0 Å². The summed E-state index contributed by atoms with van der Waals surface area (Å²) >= 11 is 3.16. The first-order chi connectivity index (χ1) is 7.79. The van der Waals surface area contributed by atoms with Gasteiger partial charge in [-0.3, -0.25) is 0 Å². The van der Waals surface area contributed by atoms with Crippen molar-refractivity contribution in [3.05, 3.63) is 34.1 Å². The Morgan fingerprint density at radius 2 is 2.12 bits per heavy atom. The standard InChI is InChI=1S/C11H15BrFNO2S/c1-17(15,16)6-2-3-11(14)9-5-4-8(12)7-10(9)13/h4-5,7,11H,2-3,6,14H2,1H3. The fourth-order valence-electron chi connectivity index (χ4n) is 1.52. The Hall–Kier alpha value is -0.460. The van der Waals surface area contributed by atoms with Crippen LogP contribution in [0.15, 0.2) is 22.7 Å². The van der Waals surface area contributed by atoms with Crippen LogP contribution < -0.4 is 5.73 Å². The summed E-state index contributed by atoms with van der Waals surface area (Å²) < 4.78 is 36.1. The number of hydrogen-bond acceptors (Lipinski definition) is 3. The van der Waals surface area contributed by atoms with Gasteiger partial charge in [-0.2, -0.15) is 0 Å². The quantitative estimate of drug-likeness (QED) is 0.905. The van der Waals surface area contributed by atoms with Gasteiger partial charge in [0.1, 0.15) is 15.7 Å². The van der Waals surface area contributed by atoms with E-state index in [9.17, 15) is 12.8 Å². The lowest BCUT2D eigenvalue weighted by Crippen LogP contribution is -2.14. The van der Waals surface area contributed by atoms with Crippen LogP contribution in [-0.4, -0.2) is 20.4 Å². The summed E-state index contributed by atoms with van der Waals surface area (Å²) in [6, 6.07) is 4.22. The largest absolute Gasteiger partial charge is 0.324 e. The molecule has 0 saturated carbocycles. The molecule has 1 unspecified atom stereocenters. The van der Waals surface area contributed by atoms with E-state index in [-0.39, 0.29) is 11.6 Å². The van der Waals surface area contributed by atoms with Crippen LogP contribution in [0.5, 0.6) is 0 Å². The molecule has 0 saturated heterocycles. The van der Waals surface area contributed by atoms with E-state index in [4.69, 9.17) is 5.73 Å². The van der Waals surface area contributed by atoms with Gasteiger partial charge >= 0.3 is 0 Å². The molecule has 6 heteroatoms. The van der Waals surface area contributed by atoms with Crippen LogP contribution in [-0.2, 0) is 9.84 Å². The molecule has 0 heterocycles. The lowest BCUT2D eigenvalue weighted by Gasteiger charge is -2.12. The first kappa shape index (κ1) is 14.6. The minimum Gasteiger partial charge on any atom is -0.324 e. The SMILES string of the molecule is CS(=O)(=O)CCCC(N)c1ccc(Br)cc1F. The molecule has 0 aliphatic heterocycles. The van der Waals surface area contributed by atoms with Crippen molar-refractivity contribution in [2.24, 2.45) is 5.73 Å². The molecule has 1 atom stereocenters. The lowest BCUT2D eigenvalue weighted by molar-refractivity contribution is 0.555. The summed E-state index contributed by atoms with van der Waals surface area (Å²) in [4.78, 5) is 0. The van der Waals surface area contributed by atoms with Crippen molar-refractivity contribution < 1.29 is 12.8 Å². The maximum absolute atomic E-state index is 13.5. The second-order valence-corrected chi connectivity index (χ2v) is 7.22. The van der Waals surface area contributed by atoms with Gasteiger partial charge in [-0.05, 0) is 25.0 Å². The average molecular weight is 324 g/mol. The Kier molecular flexibility index (Phi) is 5.09. The molecule has 0 radical (unpaired) electrons. The summed E-state index contributed by atoms with van der Waals surface area (Å²) in [5.74, 6) is -0.287. The Morgan fingerprint density at radius 1 is 1.47 bits per heavy atom. The van der Waals surface area contributed by atoms with Crippen LogP contribution >= 0.6 is 15.9 Å². The minimum atomic E-state index is -2.98. The molecule has 17 heavy (non-hydrogen) atoms. The van der Waals surface area contributed by atoms with E-state index in [1.54, 1.807) is 12.1 Å². The van der Waals surface area contributed by atoms with E-state index >= 15 is 0 Å². The van der Waals surface area contributed by atoms with E-state index in [1.165, 1.54) is 12.3 Å². The number of halogens is 2. The number of rotatable bonds is 5. The predicted octanol–water partition coefficient (Wildman–Crippen LogP) is 2.41. The van der Waals surface area contributed by atoms with E-state index in [0.717, 1.165) is 0 Å². The fourth-order valence-corrected chi connectivity index (χ4v) is 2.55. The Bertz CT molecular complexity index is 490. The van der Waals surface area contributed by atoms with Crippen molar-refractivity contribution in [1.29, 1.82) is 0 Å². The molecule has 3 nitrogen and oxygen atoms in total. The molecular weight excluding hydrogens is 309 g/mol. The van der Waals surface area contributed by atoms with Crippen molar-refractivity contribution in [2.45, 2.75) is 18.9 Å². The van der Waals surface area contributed by atoms with Gasteiger partial charge in [0, 0.05) is 28.1 Å². The van der Waals surface area contributed by atoms with Crippen LogP contribution in [0, 0.1) is 5.82 Å². The van der Waals surface area contributed by atoms with Gasteiger partial charge in [0.05, 0.1) is 0 Å². The number of nitrogens with two attached hydrogens (primary N) is 1. The first-order valence-corrected chi connectivity index (χ1v) is 8.03. The van der Waals surface area contributed by atoms with Gasteiger partial charge in [-0.15, -0.1) is 0 Å².